The van der Waals surface area contributed by atoms with Crippen molar-refractivity contribution in [2.75, 3.05) is 6.54 Å². The quantitative estimate of drug-likeness (QED) is 0.749. The number of aryl methyl sites for hydroxylation is 1. The molecule has 1 N–H and O–H groups in total. The fraction of sp³-hybridized carbons (Fsp3) is 0.333. The van der Waals surface area contributed by atoms with Crippen molar-refractivity contribution in [2.24, 2.45) is 5.92 Å². The molecule has 0 spiro atoms. The fourth-order valence-corrected chi connectivity index (χ4v) is 3.30. The second-order valence-corrected chi connectivity index (χ2v) is 7.24. The molecule has 0 bridgehead atoms. The van der Waals surface area contributed by atoms with Crippen molar-refractivity contribution < 1.29 is 0 Å². The van der Waals surface area contributed by atoms with Crippen LogP contribution < -0.4 is 5.32 Å². The minimum atomic E-state index is 0.684. The van der Waals surface area contributed by atoms with Crippen LogP contribution in [0.1, 0.15) is 25.0 Å². The summed E-state index contributed by atoms with van der Waals surface area (Å²) in [4.78, 5) is 2.46. The lowest BCUT2D eigenvalue weighted by atomic mass is 10.1. The van der Waals surface area contributed by atoms with E-state index in [-0.39, 0.29) is 0 Å². The highest BCUT2D eigenvalue weighted by atomic mass is 35.5. The van der Waals surface area contributed by atoms with Crippen LogP contribution in [0, 0.1) is 12.8 Å². The molecule has 0 aromatic heterocycles. The Bertz CT molecular complexity index is 596. The van der Waals surface area contributed by atoms with Gasteiger partial charge in [0.25, 0.3) is 0 Å². The Morgan fingerprint density at radius 2 is 1.95 bits per heavy atom. The van der Waals surface area contributed by atoms with Crippen molar-refractivity contribution in [3.8, 4) is 0 Å². The van der Waals surface area contributed by atoms with E-state index in [9.17, 15) is 0 Å². The first kappa shape index (κ1) is 16.4. The number of hydrogen-bond acceptors (Lipinski definition) is 2. The van der Waals surface area contributed by atoms with Crippen LogP contribution in [0.4, 0.5) is 0 Å². The van der Waals surface area contributed by atoms with Gasteiger partial charge in [0, 0.05) is 21.4 Å². The highest BCUT2D eigenvalue weighted by molar-refractivity contribution is 7.99. The largest absolute Gasteiger partial charge is 0.312 e. The van der Waals surface area contributed by atoms with E-state index >= 15 is 0 Å². The van der Waals surface area contributed by atoms with Gasteiger partial charge in [-0.25, -0.2) is 0 Å². The molecule has 0 atom stereocenters. The van der Waals surface area contributed by atoms with E-state index in [0.717, 1.165) is 18.1 Å². The van der Waals surface area contributed by atoms with Crippen LogP contribution in [-0.4, -0.2) is 6.54 Å². The van der Waals surface area contributed by atoms with Crippen molar-refractivity contribution in [3.05, 3.63) is 58.6 Å². The molecule has 0 saturated heterocycles. The molecule has 21 heavy (non-hydrogen) atoms. The Morgan fingerprint density at radius 1 is 1.14 bits per heavy atom. The average Bonchev–Trinajstić information content (AvgIpc) is 2.41. The van der Waals surface area contributed by atoms with E-state index < -0.39 is 0 Å². The second-order valence-electron chi connectivity index (χ2n) is 5.68. The molecule has 0 amide bonds. The third-order valence-corrected chi connectivity index (χ3v) is 4.55. The minimum absolute atomic E-state index is 0.684. The third kappa shape index (κ3) is 5.39. The van der Waals surface area contributed by atoms with Gasteiger partial charge in [0.2, 0.25) is 0 Å². The highest BCUT2D eigenvalue weighted by Gasteiger charge is 2.04. The van der Waals surface area contributed by atoms with E-state index in [4.69, 9.17) is 11.6 Å². The van der Waals surface area contributed by atoms with Gasteiger partial charge in [0.05, 0.1) is 0 Å². The summed E-state index contributed by atoms with van der Waals surface area (Å²) in [5.41, 5.74) is 2.65. The fourth-order valence-electron chi connectivity index (χ4n) is 2.10. The zero-order chi connectivity index (χ0) is 15.2. The van der Waals surface area contributed by atoms with E-state index in [1.165, 1.54) is 20.9 Å². The second kappa shape index (κ2) is 7.88. The van der Waals surface area contributed by atoms with Crippen molar-refractivity contribution in [3.63, 3.8) is 0 Å². The maximum absolute atomic E-state index is 6.04. The molecule has 2 aromatic carbocycles. The van der Waals surface area contributed by atoms with Crippen molar-refractivity contribution in [1.82, 2.24) is 5.32 Å². The van der Waals surface area contributed by atoms with Gasteiger partial charge < -0.3 is 5.32 Å². The first-order valence-corrected chi connectivity index (χ1v) is 8.47. The molecule has 0 aliphatic rings. The van der Waals surface area contributed by atoms with Gasteiger partial charge in [-0.15, -0.1) is 0 Å². The molecule has 2 rings (SSSR count). The topological polar surface area (TPSA) is 12.0 Å². The van der Waals surface area contributed by atoms with Crippen LogP contribution in [0.5, 0.6) is 0 Å². The molecule has 0 radical (unpaired) electrons. The predicted octanol–water partition coefficient (Wildman–Crippen LogP) is 5.55. The number of hydrogen-bond donors (Lipinski definition) is 1. The standard InChI is InChI=1S/C18H22ClNS/c1-13(2)11-20-12-15-7-8-18(14(3)9-15)21-17-6-4-5-16(19)10-17/h4-10,13,20H,11-12H2,1-3H3. The first-order chi connectivity index (χ1) is 10.0. The molecule has 0 heterocycles. The zero-order valence-electron chi connectivity index (χ0n) is 12.8. The third-order valence-electron chi connectivity index (χ3n) is 3.14. The number of rotatable bonds is 6. The molecule has 0 saturated carbocycles. The van der Waals surface area contributed by atoms with Crippen molar-refractivity contribution in [2.45, 2.75) is 37.1 Å². The van der Waals surface area contributed by atoms with Crippen LogP contribution in [0.2, 0.25) is 5.02 Å². The van der Waals surface area contributed by atoms with E-state index in [0.29, 0.717) is 5.92 Å². The van der Waals surface area contributed by atoms with E-state index in [1.54, 1.807) is 11.8 Å². The summed E-state index contributed by atoms with van der Waals surface area (Å²) < 4.78 is 0. The van der Waals surface area contributed by atoms with Gasteiger partial charge in [-0.3, -0.25) is 0 Å². The van der Waals surface area contributed by atoms with Crippen LogP contribution in [0.3, 0.4) is 0 Å². The molecule has 0 aliphatic heterocycles. The summed E-state index contributed by atoms with van der Waals surface area (Å²) in [6, 6.07) is 14.7. The molecule has 0 aliphatic carbocycles. The molecular weight excluding hydrogens is 298 g/mol. The number of nitrogens with one attached hydrogen (secondary N) is 1. The van der Waals surface area contributed by atoms with Crippen molar-refractivity contribution >= 4 is 23.4 Å². The van der Waals surface area contributed by atoms with Gasteiger partial charge in [0.15, 0.2) is 0 Å². The lowest BCUT2D eigenvalue weighted by molar-refractivity contribution is 0.552. The summed E-state index contributed by atoms with van der Waals surface area (Å²) in [6.07, 6.45) is 0. The predicted molar refractivity (Wildman–Crippen MR) is 93.3 cm³/mol. The van der Waals surface area contributed by atoms with Crippen LogP contribution in [0.15, 0.2) is 52.3 Å². The summed E-state index contributed by atoms with van der Waals surface area (Å²) in [5, 5.41) is 4.27. The normalized spacial score (nSPS) is 11.1. The Kier molecular flexibility index (Phi) is 6.16. The zero-order valence-corrected chi connectivity index (χ0v) is 14.4. The monoisotopic (exact) mass is 319 g/mol. The summed E-state index contributed by atoms with van der Waals surface area (Å²) >= 11 is 7.80. The molecule has 112 valence electrons. The van der Waals surface area contributed by atoms with Crippen LogP contribution in [0.25, 0.3) is 0 Å². The van der Waals surface area contributed by atoms with Gasteiger partial charge in [-0.2, -0.15) is 0 Å². The Balaban J connectivity index is 2.02. The number of halogens is 1. The molecule has 3 heteroatoms. The SMILES string of the molecule is Cc1cc(CNCC(C)C)ccc1Sc1cccc(Cl)c1. The van der Waals surface area contributed by atoms with Gasteiger partial charge in [-0.1, -0.05) is 55.4 Å². The molecular formula is C18H22ClNS. The maximum Gasteiger partial charge on any atom is 0.0417 e. The summed E-state index contributed by atoms with van der Waals surface area (Å²) in [5.74, 6) is 0.684. The van der Waals surface area contributed by atoms with Gasteiger partial charge >= 0.3 is 0 Å². The Morgan fingerprint density at radius 3 is 2.62 bits per heavy atom. The van der Waals surface area contributed by atoms with E-state index in [1.807, 2.05) is 18.2 Å². The first-order valence-electron chi connectivity index (χ1n) is 7.28. The van der Waals surface area contributed by atoms with Gasteiger partial charge in [0.1, 0.15) is 0 Å². The Labute approximate surface area is 137 Å². The van der Waals surface area contributed by atoms with Gasteiger partial charge in [-0.05, 0) is 54.8 Å². The van der Waals surface area contributed by atoms with Crippen LogP contribution >= 0.6 is 23.4 Å². The summed E-state index contributed by atoms with van der Waals surface area (Å²) in [7, 11) is 0. The Hall–Kier alpha value is -0.960. The minimum Gasteiger partial charge on any atom is -0.312 e. The molecule has 1 nitrogen and oxygen atoms in total. The summed E-state index contributed by atoms with van der Waals surface area (Å²) in [6.45, 7) is 8.60. The maximum atomic E-state index is 6.04. The van der Waals surface area contributed by atoms with E-state index in [2.05, 4.69) is 50.4 Å². The lowest BCUT2D eigenvalue weighted by Gasteiger charge is -2.10. The van der Waals surface area contributed by atoms with Crippen molar-refractivity contribution in [1.29, 1.82) is 0 Å². The van der Waals surface area contributed by atoms with Crippen LogP contribution in [-0.2, 0) is 6.54 Å². The molecule has 0 fully saturated rings. The molecule has 0 unspecified atom stereocenters. The molecule has 2 aromatic rings. The highest BCUT2D eigenvalue weighted by Crippen LogP contribution is 2.31. The average molecular weight is 320 g/mol. The lowest BCUT2D eigenvalue weighted by Crippen LogP contribution is -2.18. The smallest absolute Gasteiger partial charge is 0.0417 e. The number of benzene rings is 2.